The summed E-state index contributed by atoms with van der Waals surface area (Å²) in [4.78, 5) is 0. The maximum Gasteiger partial charge on any atom is -0.00718 e. The van der Waals surface area contributed by atoms with Gasteiger partial charge in [-0.2, -0.15) is 25.3 Å². The smallest absolute Gasteiger partial charge is 0.00718 e. The first-order valence-corrected chi connectivity index (χ1v) is 3.79. The summed E-state index contributed by atoms with van der Waals surface area (Å²) in [6, 6.07) is 0. The van der Waals surface area contributed by atoms with Gasteiger partial charge >= 0.3 is 0 Å². The Bertz CT molecular complexity index is 37.1. The molecular weight excluding hydrogens is 124 g/mol. The molecule has 44 valence electrons. The van der Waals surface area contributed by atoms with Gasteiger partial charge in [-0.1, -0.05) is 6.92 Å². The largest absolute Gasteiger partial charge is 0.179 e. The average Bonchev–Trinajstić information content (AvgIpc) is 1.68. The SMILES string of the molecule is CC(CS)CCS. The highest BCUT2D eigenvalue weighted by Crippen LogP contribution is 2.03. The first-order valence-electron chi connectivity index (χ1n) is 2.53. The van der Waals surface area contributed by atoms with Gasteiger partial charge in [-0.05, 0) is 23.8 Å². The first-order chi connectivity index (χ1) is 3.31. The van der Waals surface area contributed by atoms with E-state index in [9.17, 15) is 0 Å². The van der Waals surface area contributed by atoms with E-state index in [2.05, 4.69) is 32.2 Å². The predicted molar refractivity (Wildman–Crippen MR) is 41.5 cm³/mol. The van der Waals surface area contributed by atoms with Crippen molar-refractivity contribution in [3.8, 4) is 0 Å². The molecule has 0 saturated heterocycles. The molecule has 0 aliphatic rings. The van der Waals surface area contributed by atoms with Gasteiger partial charge in [-0.3, -0.25) is 0 Å². The van der Waals surface area contributed by atoms with Crippen LogP contribution in [-0.2, 0) is 0 Å². The molecule has 0 aliphatic carbocycles. The molecule has 0 spiro atoms. The van der Waals surface area contributed by atoms with Crippen molar-refractivity contribution in [1.29, 1.82) is 0 Å². The highest BCUT2D eigenvalue weighted by Gasteiger charge is 1.93. The third kappa shape index (κ3) is 4.56. The van der Waals surface area contributed by atoms with Crippen LogP contribution in [0.25, 0.3) is 0 Å². The molecule has 0 aromatic heterocycles. The lowest BCUT2D eigenvalue weighted by Crippen LogP contribution is -1.95. The minimum atomic E-state index is 0.737. The highest BCUT2D eigenvalue weighted by atomic mass is 32.1. The molecule has 0 heterocycles. The van der Waals surface area contributed by atoms with Crippen molar-refractivity contribution in [1.82, 2.24) is 0 Å². The summed E-state index contributed by atoms with van der Waals surface area (Å²) in [6.07, 6.45) is 1.19. The van der Waals surface area contributed by atoms with Crippen LogP contribution in [0.2, 0.25) is 0 Å². The van der Waals surface area contributed by atoms with Crippen molar-refractivity contribution in [3.05, 3.63) is 0 Å². The lowest BCUT2D eigenvalue weighted by Gasteiger charge is -2.01. The van der Waals surface area contributed by atoms with E-state index in [4.69, 9.17) is 0 Å². The number of rotatable bonds is 3. The van der Waals surface area contributed by atoms with Crippen LogP contribution in [0.4, 0.5) is 0 Å². The van der Waals surface area contributed by atoms with E-state index in [1.807, 2.05) is 0 Å². The molecule has 1 unspecified atom stereocenters. The van der Waals surface area contributed by atoms with Gasteiger partial charge in [0.05, 0.1) is 0 Å². The van der Waals surface area contributed by atoms with E-state index in [1.54, 1.807) is 0 Å². The average molecular weight is 136 g/mol. The number of hydrogen-bond donors (Lipinski definition) is 2. The molecule has 0 aliphatic heterocycles. The van der Waals surface area contributed by atoms with E-state index >= 15 is 0 Å². The molecule has 0 saturated carbocycles. The van der Waals surface area contributed by atoms with Gasteiger partial charge in [-0.25, -0.2) is 0 Å². The van der Waals surface area contributed by atoms with E-state index < -0.39 is 0 Å². The van der Waals surface area contributed by atoms with Crippen molar-refractivity contribution < 1.29 is 0 Å². The zero-order chi connectivity index (χ0) is 5.70. The van der Waals surface area contributed by atoms with Crippen LogP contribution in [-0.4, -0.2) is 11.5 Å². The van der Waals surface area contributed by atoms with E-state index in [0.29, 0.717) is 0 Å². The zero-order valence-electron chi connectivity index (χ0n) is 4.59. The Balaban J connectivity index is 2.83. The van der Waals surface area contributed by atoms with Gasteiger partial charge in [0.2, 0.25) is 0 Å². The minimum absolute atomic E-state index is 0.737. The van der Waals surface area contributed by atoms with Gasteiger partial charge in [0, 0.05) is 0 Å². The lowest BCUT2D eigenvalue weighted by atomic mass is 10.2. The summed E-state index contributed by atoms with van der Waals surface area (Å²) in [5.41, 5.74) is 0. The Morgan fingerprint density at radius 2 is 2.00 bits per heavy atom. The molecule has 0 radical (unpaired) electrons. The molecule has 1 atom stereocenters. The normalized spacial score (nSPS) is 14.1. The number of thiol groups is 2. The quantitative estimate of drug-likeness (QED) is 0.544. The topological polar surface area (TPSA) is 0 Å². The van der Waals surface area contributed by atoms with Crippen LogP contribution in [0, 0.1) is 5.92 Å². The Labute approximate surface area is 56.5 Å². The molecule has 0 rings (SSSR count). The molecule has 7 heavy (non-hydrogen) atoms. The lowest BCUT2D eigenvalue weighted by molar-refractivity contribution is 0.646. The van der Waals surface area contributed by atoms with E-state index in [0.717, 1.165) is 17.4 Å². The standard InChI is InChI=1S/C5H12S2/c1-5(4-7)2-3-6/h5-7H,2-4H2,1H3. The van der Waals surface area contributed by atoms with Crippen LogP contribution in [0.15, 0.2) is 0 Å². The van der Waals surface area contributed by atoms with Gasteiger partial charge < -0.3 is 0 Å². The predicted octanol–water partition coefficient (Wildman–Crippen LogP) is 1.87. The fraction of sp³-hybridized carbons (Fsp3) is 1.00. The fourth-order valence-corrected chi connectivity index (χ4v) is 0.935. The van der Waals surface area contributed by atoms with Gasteiger partial charge in [-0.15, -0.1) is 0 Å². The van der Waals surface area contributed by atoms with Gasteiger partial charge in [0.25, 0.3) is 0 Å². The van der Waals surface area contributed by atoms with Crippen LogP contribution in [0.1, 0.15) is 13.3 Å². The summed E-state index contributed by atoms with van der Waals surface area (Å²) < 4.78 is 0. The van der Waals surface area contributed by atoms with Gasteiger partial charge in [0.15, 0.2) is 0 Å². The third-order valence-corrected chi connectivity index (χ3v) is 1.82. The zero-order valence-corrected chi connectivity index (χ0v) is 6.38. The summed E-state index contributed by atoms with van der Waals surface area (Å²) in [5.74, 6) is 2.71. The van der Waals surface area contributed by atoms with Crippen molar-refractivity contribution in [2.24, 2.45) is 5.92 Å². The van der Waals surface area contributed by atoms with Crippen LogP contribution in [0.5, 0.6) is 0 Å². The molecule has 0 fully saturated rings. The molecule has 0 aromatic carbocycles. The maximum atomic E-state index is 4.12. The summed E-state index contributed by atoms with van der Waals surface area (Å²) in [5, 5.41) is 0. The molecule has 0 N–H and O–H groups in total. The van der Waals surface area contributed by atoms with E-state index in [-0.39, 0.29) is 0 Å². The molecule has 0 nitrogen and oxygen atoms in total. The molecule has 0 aromatic rings. The second-order valence-corrected chi connectivity index (χ2v) is 2.61. The summed E-state index contributed by atoms with van der Waals surface area (Å²) in [6.45, 7) is 2.18. The molecular formula is C5H12S2. The van der Waals surface area contributed by atoms with Crippen LogP contribution in [0.3, 0.4) is 0 Å². The second kappa shape index (κ2) is 4.85. The van der Waals surface area contributed by atoms with Crippen molar-refractivity contribution in [2.45, 2.75) is 13.3 Å². The Morgan fingerprint density at radius 1 is 1.43 bits per heavy atom. The minimum Gasteiger partial charge on any atom is -0.179 e. The van der Waals surface area contributed by atoms with E-state index in [1.165, 1.54) is 6.42 Å². The number of hydrogen-bond acceptors (Lipinski definition) is 2. The Kier molecular flexibility index (Phi) is 5.33. The van der Waals surface area contributed by atoms with Crippen LogP contribution >= 0.6 is 25.3 Å². The molecule has 2 heteroatoms. The van der Waals surface area contributed by atoms with Crippen molar-refractivity contribution in [3.63, 3.8) is 0 Å². The fourth-order valence-electron chi connectivity index (χ4n) is 0.312. The second-order valence-electron chi connectivity index (χ2n) is 1.80. The summed E-state index contributed by atoms with van der Waals surface area (Å²) in [7, 11) is 0. The monoisotopic (exact) mass is 136 g/mol. The maximum absolute atomic E-state index is 4.12. The Morgan fingerprint density at radius 3 is 2.14 bits per heavy atom. The first kappa shape index (κ1) is 7.70. The van der Waals surface area contributed by atoms with Crippen LogP contribution < -0.4 is 0 Å². The van der Waals surface area contributed by atoms with Gasteiger partial charge in [0.1, 0.15) is 0 Å². The molecule has 0 amide bonds. The Hall–Kier alpha value is 0.700. The molecule has 0 bridgehead atoms. The third-order valence-electron chi connectivity index (χ3n) is 0.934. The van der Waals surface area contributed by atoms with Crippen molar-refractivity contribution in [2.75, 3.05) is 11.5 Å². The highest BCUT2D eigenvalue weighted by molar-refractivity contribution is 7.80. The summed E-state index contributed by atoms with van der Waals surface area (Å²) >= 11 is 8.20. The van der Waals surface area contributed by atoms with Crippen molar-refractivity contribution >= 4 is 25.3 Å².